The number of thiophene rings is 1. The molecule has 7 heteroatoms. The fourth-order valence-corrected chi connectivity index (χ4v) is 5.58. The van der Waals surface area contributed by atoms with Crippen molar-refractivity contribution in [2.24, 2.45) is 0 Å². The van der Waals surface area contributed by atoms with Crippen molar-refractivity contribution in [2.45, 2.75) is 39.5 Å². The van der Waals surface area contributed by atoms with Gasteiger partial charge in [-0.3, -0.25) is 4.79 Å². The van der Waals surface area contributed by atoms with Gasteiger partial charge in [-0.1, -0.05) is 12.1 Å². The van der Waals surface area contributed by atoms with Crippen LogP contribution < -0.4 is 9.64 Å². The van der Waals surface area contributed by atoms with Crippen molar-refractivity contribution in [1.29, 1.82) is 0 Å². The molecule has 0 N–H and O–H groups in total. The third-order valence-corrected chi connectivity index (χ3v) is 7.37. The molecule has 0 atom stereocenters. The van der Waals surface area contributed by atoms with E-state index in [9.17, 15) is 4.79 Å². The Bertz CT molecular complexity index is 1130. The van der Waals surface area contributed by atoms with Crippen LogP contribution >= 0.6 is 11.3 Å². The second kappa shape index (κ2) is 8.11. The molecular formula is C24H28N4O2S. The van der Waals surface area contributed by atoms with Crippen molar-refractivity contribution >= 4 is 33.1 Å². The Balaban J connectivity index is 1.34. The average Bonchev–Trinajstić information content (AvgIpc) is 3.58. The number of nitrogens with zero attached hydrogens (tertiary/aromatic N) is 4. The Hall–Kier alpha value is -2.67. The van der Waals surface area contributed by atoms with Gasteiger partial charge in [0.25, 0.3) is 5.91 Å². The smallest absolute Gasteiger partial charge is 0.264 e. The van der Waals surface area contributed by atoms with Crippen LogP contribution in [0.3, 0.4) is 0 Å². The first-order chi connectivity index (χ1) is 15.1. The Morgan fingerprint density at radius 2 is 1.87 bits per heavy atom. The molecule has 0 radical (unpaired) electrons. The SMILES string of the molecule is CCOc1ccccc1N1CCN(C(=O)c2sc3nc(C4CC4)nc(C)c3c2C)CC1. The number of aromatic nitrogens is 2. The molecule has 1 aromatic carbocycles. The molecule has 3 aromatic rings. The number of benzene rings is 1. The number of hydrogen-bond acceptors (Lipinski definition) is 6. The molecule has 0 bridgehead atoms. The first kappa shape index (κ1) is 20.2. The number of carbonyl (C=O) groups is 1. The summed E-state index contributed by atoms with van der Waals surface area (Å²) in [5, 5.41) is 1.06. The summed E-state index contributed by atoms with van der Waals surface area (Å²) in [6.45, 7) is 9.71. The van der Waals surface area contributed by atoms with Crippen molar-refractivity contribution in [1.82, 2.24) is 14.9 Å². The van der Waals surface area contributed by atoms with Gasteiger partial charge in [-0.25, -0.2) is 9.97 Å². The minimum Gasteiger partial charge on any atom is -0.492 e. The lowest BCUT2D eigenvalue weighted by molar-refractivity contribution is 0.0751. The normalized spacial score (nSPS) is 16.7. The van der Waals surface area contributed by atoms with Gasteiger partial charge in [0.05, 0.1) is 22.9 Å². The van der Waals surface area contributed by atoms with E-state index in [0.717, 1.165) is 56.7 Å². The van der Waals surface area contributed by atoms with Crippen molar-refractivity contribution < 1.29 is 9.53 Å². The molecule has 3 heterocycles. The maximum Gasteiger partial charge on any atom is 0.264 e. The fourth-order valence-electron chi connectivity index (χ4n) is 4.38. The van der Waals surface area contributed by atoms with Crippen LogP contribution in [-0.2, 0) is 0 Å². The molecule has 2 aromatic heterocycles. The van der Waals surface area contributed by atoms with Crippen molar-refractivity contribution in [3.8, 4) is 5.75 Å². The number of hydrogen-bond donors (Lipinski definition) is 0. The lowest BCUT2D eigenvalue weighted by Gasteiger charge is -2.36. The summed E-state index contributed by atoms with van der Waals surface area (Å²) in [5.74, 6) is 2.49. The van der Waals surface area contributed by atoms with Gasteiger partial charge in [-0.15, -0.1) is 11.3 Å². The van der Waals surface area contributed by atoms with Gasteiger partial charge in [-0.2, -0.15) is 0 Å². The van der Waals surface area contributed by atoms with E-state index < -0.39 is 0 Å². The van der Waals surface area contributed by atoms with Crippen LogP contribution in [0.15, 0.2) is 24.3 Å². The van der Waals surface area contributed by atoms with E-state index in [1.807, 2.05) is 43.9 Å². The van der Waals surface area contributed by atoms with E-state index in [1.165, 1.54) is 24.2 Å². The van der Waals surface area contributed by atoms with Crippen LogP contribution in [-0.4, -0.2) is 53.6 Å². The fraction of sp³-hybridized carbons (Fsp3) is 0.458. The highest BCUT2D eigenvalue weighted by Gasteiger charge is 2.30. The lowest BCUT2D eigenvalue weighted by atomic mass is 10.1. The third kappa shape index (κ3) is 3.76. The number of piperazine rings is 1. The predicted octanol–water partition coefficient (Wildman–Crippen LogP) is 4.55. The summed E-state index contributed by atoms with van der Waals surface area (Å²) >= 11 is 1.53. The first-order valence-electron chi connectivity index (χ1n) is 11.1. The molecule has 2 aliphatic rings. The minimum absolute atomic E-state index is 0.116. The molecular weight excluding hydrogens is 408 g/mol. The van der Waals surface area contributed by atoms with Gasteiger partial charge >= 0.3 is 0 Å². The van der Waals surface area contributed by atoms with E-state index in [0.29, 0.717) is 25.6 Å². The quantitative estimate of drug-likeness (QED) is 0.587. The zero-order valence-electron chi connectivity index (χ0n) is 18.4. The highest BCUT2D eigenvalue weighted by Crippen LogP contribution is 2.40. The number of aryl methyl sites for hydroxylation is 2. The number of amides is 1. The molecule has 1 amide bonds. The molecule has 2 fully saturated rings. The van der Waals surface area contributed by atoms with E-state index in [-0.39, 0.29) is 5.91 Å². The van der Waals surface area contributed by atoms with Gasteiger partial charge < -0.3 is 14.5 Å². The molecule has 162 valence electrons. The van der Waals surface area contributed by atoms with Gasteiger partial charge in [0.15, 0.2) is 0 Å². The largest absolute Gasteiger partial charge is 0.492 e. The molecule has 1 aliphatic heterocycles. The Morgan fingerprint density at radius 1 is 1.13 bits per heavy atom. The van der Waals surface area contributed by atoms with E-state index >= 15 is 0 Å². The van der Waals surface area contributed by atoms with Crippen LogP contribution in [0.25, 0.3) is 10.2 Å². The lowest BCUT2D eigenvalue weighted by Crippen LogP contribution is -2.48. The van der Waals surface area contributed by atoms with Gasteiger partial charge in [0.1, 0.15) is 16.4 Å². The molecule has 5 rings (SSSR count). The third-order valence-electron chi connectivity index (χ3n) is 6.20. The Labute approximate surface area is 186 Å². The molecule has 1 saturated heterocycles. The standard InChI is InChI=1S/C24H28N4O2S/c1-4-30-19-8-6-5-7-18(19)27-11-13-28(14-12-27)24(29)21-15(2)20-16(3)25-22(17-9-10-17)26-23(20)31-21/h5-8,17H,4,9-14H2,1-3H3. The van der Waals surface area contributed by atoms with Gasteiger partial charge in [-0.05, 0) is 51.3 Å². The number of rotatable bonds is 5. The van der Waals surface area contributed by atoms with Gasteiger partial charge in [0, 0.05) is 37.5 Å². The molecule has 0 unspecified atom stereocenters. The summed E-state index contributed by atoms with van der Waals surface area (Å²) in [7, 11) is 0. The summed E-state index contributed by atoms with van der Waals surface area (Å²) in [4.78, 5) is 29.0. The Kier molecular flexibility index (Phi) is 5.30. The molecule has 6 nitrogen and oxygen atoms in total. The summed E-state index contributed by atoms with van der Waals surface area (Å²) in [6, 6.07) is 8.14. The molecule has 1 aliphatic carbocycles. The first-order valence-corrected chi connectivity index (χ1v) is 11.9. The second-order valence-electron chi connectivity index (χ2n) is 8.36. The number of anilines is 1. The average molecular weight is 437 g/mol. The maximum absolute atomic E-state index is 13.4. The highest BCUT2D eigenvalue weighted by atomic mass is 32.1. The molecule has 31 heavy (non-hydrogen) atoms. The predicted molar refractivity (Wildman–Crippen MR) is 125 cm³/mol. The number of fused-ring (bicyclic) bond motifs is 1. The zero-order chi connectivity index (χ0) is 21.5. The topological polar surface area (TPSA) is 58.6 Å². The van der Waals surface area contributed by atoms with Crippen molar-refractivity contribution in [2.75, 3.05) is 37.7 Å². The van der Waals surface area contributed by atoms with Crippen LogP contribution in [0.2, 0.25) is 0 Å². The van der Waals surface area contributed by atoms with Gasteiger partial charge in [0.2, 0.25) is 0 Å². The number of para-hydroxylation sites is 2. The highest BCUT2D eigenvalue weighted by molar-refractivity contribution is 7.20. The molecule has 0 spiro atoms. The van der Waals surface area contributed by atoms with E-state index in [2.05, 4.69) is 11.0 Å². The van der Waals surface area contributed by atoms with Crippen LogP contribution in [0, 0.1) is 13.8 Å². The summed E-state index contributed by atoms with van der Waals surface area (Å²) < 4.78 is 5.79. The number of carbonyl (C=O) groups excluding carboxylic acids is 1. The summed E-state index contributed by atoms with van der Waals surface area (Å²) in [6.07, 6.45) is 2.36. The van der Waals surface area contributed by atoms with E-state index in [4.69, 9.17) is 14.7 Å². The number of ether oxygens (including phenoxy) is 1. The summed E-state index contributed by atoms with van der Waals surface area (Å²) in [5.41, 5.74) is 3.12. The van der Waals surface area contributed by atoms with E-state index in [1.54, 1.807) is 0 Å². The monoisotopic (exact) mass is 436 g/mol. The van der Waals surface area contributed by atoms with Crippen LogP contribution in [0.4, 0.5) is 5.69 Å². The van der Waals surface area contributed by atoms with Crippen LogP contribution in [0.1, 0.15) is 52.4 Å². The Morgan fingerprint density at radius 3 is 2.58 bits per heavy atom. The minimum atomic E-state index is 0.116. The van der Waals surface area contributed by atoms with Crippen molar-refractivity contribution in [3.05, 3.63) is 46.2 Å². The zero-order valence-corrected chi connectivity index (χ0v) is 19.2. The van der Waals surface area contributed by atoms with Crippen molar-refractivity contribution in [3.63, 3.8) is 0 Å². The second-order valence-corrected chi connectivity index (χ2v) is 9.36. The van der Waals surface area contributed by atoms with Crippen LogP contribution in [0.5, 0.6) is 5.75 Å². The maximum atomic E-state index is 13.4. The molecule has 1 saturated carbocycles.